The van der Waals surface area contributed by atoms with Crippen LogP contribution in [-0.4, -0.2) is 151 Å². The second kappa shape index (κ2) is 34.0. The fourth-order valence-corrected chi connectivity index (χ4v) is 7.34. The van der Waals surface area contributed by atoms with E-state index in [0.29, 0.717) is 49.9 Å². The summed E-state index contributed by atoms with van der Waals surface area (Å²) in [5.41, 5.74) is 5.67. The number of ether oxygens (including phenoxy) is 11. The van der Waals surface area contributed by atoms with Crippen molar-refractivity contribution < 1.29 is 120 Å². The summed E-state index contributed by atoms with van der Waals surface area (Å²) in [7, 11) is 0. The first-order valence-corrected chi connectivity index (χ1v) is 26.3. The molecule has 6 atom stereocenters. The van der Waals surface area contributed by atoms with E-state index in [0.717, 1.165) is 28.2 Å². The number of rotatable bonds is 22. The van der Waals surface area contributed by atoms with Gasteiger partial charge in [0.05, 0.1) is 45.7 Å². The van der Waals surface area contributed by atoms with E-state index in [1.54, 1.807) is 36.4 Å². The number of nitrogens with one attached hydrogen (secondary N) is 1. The Hall–Kier alpha value is -6.15. The summed E-state index contributed by atoms with van der Waals surface area (Å²) in [6.45, 7) is -0.185. The van der Waals surface area contributed by atoms with E-state index in [-0.39, 0.29) is 99.1 Å². The molecule has 3 aliphatic rings. The molecule has 8 rings (SSSR count). The predicted octanol–water partition coefficient (Wildman–Crippen LogP) is 8.71. The summed E-state index contributed by atoms with van der Waals surface area (Å²) in [5, 5.41) is 33.1. The summed E-state index contributed by atoms with van der Waals surface area (Å²) in [5.74, 6) is 1.03. The van der Waals surface area contributed by atoms with Crippen molar-refractivity contribution in [1.29, 1.82) is 0 Å². The highest BCUT2D eigenvalue weighted by Crippen LogP contribution is 2.32. The first-order chi connectivity index (χ1) is 39.3. The van der Waals surface area contributed by atoms with Gasteiger partial charge in [0, 0.05) is 15.0 Å². The second-order valence-corrected chi connectivity index (χ2v) is 19.2. The standard InChI is InChI=1S/C18H19BrF3N3O6.C11H15F3N2O4.C10H14F3N3O4.C8H7BrO3/c19-11-1-4-13(5-2-11)28-10-15(26)23-12-3-6-14(29-9-12)16-24-25-17(31-16)27-7-8-30-18(20,21)22;1-7-2-3-8(18-6-7)9-15-16-10(20-9)17-4-5-19-11(12,13)14;11-10(12,13)19-4-3-17-9-16-15-8(20-9)7-2-1-6(14)5-18-7;9-6-1-3-7(4-2-6)12-5-8(10)11/h1-2,4-5,12,14H,3,6-10H2,(H,23,26);7-8H,2-6H2,1H3;6-7H,1-5,14H2;1-4H,5H2,(H,10,11)/t12-,14+;7-,8+;6-,7+;/m111./s1. The molecule has 3 aromatic heterocycles. The molecule has 0 saturated carbocycles. The zero-order valence-electron chi connectivity index (χ0n) is 43.5. The lowest BCUT2D eigenvalue weighted by Crippen LogP contribution is -2.43. The van der Waals surface area contributed by atoms with Crippen LogP contribution < -0.4 is 34.7 Å². The van der Waals surface area contributed by atoms with Crippen LogP contribution in [0.2, 0.25) is 0 Å². The molecule has 2 aromatic carbocycles. The average molecular weight is 1330 g/mol. The Balaban J connectivity index is 0.000000213. The highest BCUT2D eigenvalue weighted by Gasteiger charge is 2.33. The van der Waals surface area contributed by atoms with Gasteiger partial charge in [-0.2, -0.15) is 0 Å². The van der Waals surface area contributed by atoms with E-state index in [1.165, 1.54) is 0 Å². The minimum Gasteiger partial charge on any atom is -0.484 e. The van der Waals surface area contributed by atoms with Crippen LogP contribution in [0.15, 0.2) is 70.7 Å². The van der Waals surface area contributed by atoms with Crippen LogP contribution in [-0.2, 0) is 38.0 Å². The molecule has 3 saturated heterocycles. The zero-order chi connectivity index (χ0) is 60.4. The van der Waals surface area contributed by atoms with Crippen LogP contribution in [0.3, 0.4) is 0 Å². The highest BCUT2D eigenvalue weighted by molar-refractivity contribution is 9.10. The Kier molecular flexibility index (Phi) is 27.7. The van der Waals surface area contributed by atoms with E-state index in [9.17, 15) is 49.1 Å². The Morgan fingerprint density at radius 1 is 0.542 bits per heavy atom. The third-order valence-electron chi connectivity index (χ3n) is 10.6. The summed E-state index contributed by atoms with van der Waals surface area (Å²) in [6, 6.07) is 13.9. The number of nitrogens with two attached hydrogens (primary N) is 1. The van der Waals surface area contributed by atoms with Crippen LogP contribution in [0, 0.1) is 5.92 Å². The smallest absolute Gasteiger partial charge is 0.484 e. The van der Waals surface area contributed by atoms with Crippen molar-refractivity contribution in [3.8, 4) is 29.7 Å². The van der Waals surface area contributed by atoms with Crippen LogP contribution in [0.1, 0.15) is 81.4 Å². The zero-order valence-corrected chi connectivity index (χ0v) is 46.7. The fourth-order valence-electron chi connectivity index (χ4n) is 6.82. The maximum atomic E-state index is 12.1. The maximum absolute atomic E-state index is 12.1. The Morgan fingerprint density at radius 3 is 1.28 bits per heavy atom. The number of carboxylic acid groups (broad SMARTS) is 1. The molecule has 462 valence electrons. The van der Waals surface area contributed by atoms with Crippen molar-refractivity contribution in [2.24, 2.45) is 11.7 Å². The number of halogens is 11. The number of aliphatic carboxylic acids is 1. The number of nitrogens with zero attached hydrogens (tertiary/aromatic N) is 6. The van der Waals surface area contributed by atoms with Crippen molar-refractivity contribution in [1.82, 2.24) is 35.9 Å². The van der Waals surface area contributed by atoms with Gasteiger partial charge in [-0.15, -0.1) is 54.8 Å². The SMILES string of the molecule is C[C@@H]1CC[C@@H](c2nnc(OCCOC(F)(F)F)o2)OC1.N[C@@H]1CC[C@@H](c2nnc(OCCOC(F)(F)F)o2)OC1.O=C(COc1ccc(Br)cc1)N[C@@H]1CC[C@@H](c2nnc(OCCOC(F)(F)F)o2)OC1.O=C(O)COc1ccc(Br)cc1. The van der Waals surface area contributed by atoms with Crippen LogP contribution in [0.4, 0.5) is 39.5 Å². The summed E-state index contributed by atoms with van der Waals surface area (Å²) < 4.78 is 176. The molecule has 4 N–H and O–H groups in total. The van der Waals surface area contributed by atoms with E-state index in [4.69, 9.17) is 62.0 Å². The molecular weight excluding hydrogens is 1280 g/mol. The van der Waals surface area contributed by atoms with Gasteiger partial charge in [-0.3, -0.25) is 19.0 Å². The van der Waals surface area contributed by atoms with Gasteiger partial charge in [-0.25, -0.2) is 4.79 Å². The normalized spacial score (nSPS) is 20.0. The fraction of sp³-hybridized carbons (Fsp3) is 0.574. The monoisotopic (exact) mass is 1330 g/mol. The van der Waals surface area contributed by atoms with Crippen molar-refractivity contribution in [3.63, 3.8) is 0 Å². The molecule has 3 fully saturated rings. The largest absolute Gasteiger partial charge is 0.522 e. The number of carbonyl (C=O) groups is 2. The van der Waals surface area contributed by atoms with Gasteiger partial charge in [-0.1, -0.05) is 54.1 Å². The van der Waals surface area contributed by atoms with Gasteiger partial charge in [0.1, 0.15) is 49.6 Å². The van der Waals surface area contributed by atoms with E-state index < -0.39 is 57.6 Å². The molecular formula is C47H55Br2F9N8O17. The third kappa shape index (κ3) is 28.3. The topological polar surface area (TPSA) is 311 Å². The van der Waals surface area contributed by atoms with Crippen LogP contribution in [0.5, 0.6) is 29.7 Å². The van der Waals surface area contributed by atoms with E-state index >= 15 is 0 Å². The molecule has 0 aliphatic carbocycles. The minimum atomic E-state index is -4.73. The Labute approximate surface area is 481 Å². The number of aromatic nitrogens is 6. The highest BCUT2D eigenvalue weighted by atomic mass is 79.9. The summed E-state index contributed by atoms with van der Waals surface area (Å²) >= 11 is 6.58. The van der Waals surface area contributed by atoms with Crippen molar-refractivity contribution in [2.75, 3.05) is 72.7 Å². The lowest BCUT2D eigenvalue weighted by atomic mass is 10.0. The quantitative estimate of drug-likeness (QED) is 0.0431. The molecule has 6 heterocycles. The average Bonchev–Trinajstić information content (AvgIpc) is 4.38. The predicted molar refractivity (Wildman–Crippen MR) is 265 cm³/mol. The first kappa shape index (κ1) is 67.6. The summed E-state index contributed by atoms with van der Waals surface area (Å²) in [4.78, 5) is 22.2. The minimum absolute atomic E-state index is 0.00981. The molecule has 0 spiro atoms. The molecule has 0 bridgehead atoms. The Bertz CT molecular complexity index is 2560. The lowest BCUT2D eigenvalue weighted by Gasteiger charge is -2.27. The molecule has 5 aromatic rings. The van der Waals surface area contributed by atoms with E-state index in [1.807, 2.05) is 12.1 Å². The third-order valence-corrected chi connectivity index (χ3v) is 11.7. The van der Waals surface area contributed by atoms with Gasteiger partial charge in [0.25, 0.3) is 5.91 Å². The molecule has 0 radical (unpaired) electrons. The Morgan fingerprint density at radius 2 is 0.928 bits per heavy atom. The molecule has 83 heavy (non-hydrogen) atoms. The number of alkyl halides is 9. The van der Waals surface area contributed by atoms with Gasteiger partial charge in [0.2, 0.25) is 17.7 Å². The molecule has 36 heteroatoms. The molecule has 0 unspecified atom stereocenters. The molecule has 1 amide bonds. The summed E-state index contributed by atoms with van der Waals surface area (Å²) in [6.07, 6.45) is -11.6. The van der Waals surface area contributed by atoms with Gasteiger partial charge < -0.3 is 67.3 Å². The number of amides is 1. The van der Waals surface area contributed by atoms with Crippen molar-refractivity contribution in [3.05, 3.63) is 75.1 Å². The van der Waals surface area contributed by atoms with Gasteiger partial charge >= 0.3 is 43.3 Å². The van der Waals surface area contributed by atoms with Crippen LogP contribution in [0.25, 0.3) is 0 Å². The number of carboxylic acids is 1. The van der Waals surface area contributed by atoms with Gasteiger partial charge in [-0.05, 0) is 93.0 Å². The number of benzene rings is 2. The van der Waals surface area contributed by atoms with Crippen molar-refractivity contribution >= 4 is 43.7 Å². The number of carbonyl (C=O) groups excluding carboxylic acids is 1. The molecule has 25 nitrogen and oxygen atoms in total. The van der Waals surface area contributed by atoms with Crippen LogP contribution >= 0.6 is 31.9 Å². The number of hydrogen-bond donors (Lipinski definition) is 3. The van der Waals surface area contributed by atoms with Crippen molar-refractivity contribution in [2.45, 2.75) is 94.9 Å². The first-order valence-electron chi connectivity index (χ1n) is 24.7. The lowest BCUT2D eigenvalue weighted by molar-refractivity contribution is -0.326. The van der Waals surface area contributed by atoms with E-state index in [2.05, 4.69) is 88.9 Å². The second-order valence-electron chi connectivity index (χ2n) is 17.4. The number of hydrogen-bond acceptors (Lipinski definition) is 23. The van der Waals surface area contributed by atoms with Gasteiger partial charge in [0.15, 0.2) is 13.2 Å². The molecule has 3 aliphatic heterocycles. The maximum Gasteiger partial charge on any atom is 0.522 e.